The number of rotatable bonds is 6. The van der Waals surface area contributed by atoms with Crippen LogP contribution in [0.4, 0.5) is 5.69 Å². The van der Waals surface area contributed by atoms with Crippen LogP contribution in [0, 0.1) is 13.8 Å². The molecule has 0 aliphatic heterocycles. The van der Waals surface area contributed by atoms with Crippen LogP contribution in [0.25, 0.3) is 0 Å². The van der Waals surface area contributed by atoms with Gasteiger partial charge >= 0.3 is 0 Å². The molecule has 96 valence electrons. The van der Waals surface area contributed by atoms with Crippen LogP contribution in [-0.4, -0.2) is 11.1 Å². The highest BCUT2D eigenvalue weighted by molar-refractivity contribution is 5.59. The number of nitrogens with one attached hydrogen (secondary N) is 1. The standard InChI is InChI=1S/C15H25NO/c1-5-7-13(8-6-2)16-14-10-9-11(3)15(17)12(14)4/h9-10,13,16-17H,5-8H2,1-4H3. The maximum Gasteiger partial charge on any atom is 0.123 e. The number of anilines is 1. The zero-order chi connectivity index (χ0) is 12.8. The topological polar surface area (TPSA) is 32.3 Å². The third-order valence-electron chi connectivity index (χ3n) is 3.27. The lowest BCUT2D eigenvalue weighted by Crippen LogP contribution is -2.19. The number of aromatic hydroxyl groups is 1. The van der Waals surface area contributed by atoms with E-state index in [9.17, 15) is 5.11 Å². The first-order valence-electron chi connectivity index (χ1n) is 6.65. The minimum absolute atomic E-state index is 0.418. The molecule has 0 amide bonds. The average molecular weight is 235 g/mol. The second kappa shape index (κ2) is 6.53. The van der Waals surface area contributed by atoms with E-state index in [4.69, 9.17) is 0 Å². The second-order valence-electron chi connectivity index (χ2n) is 4.82. The minimum Gasteiger partial charge on any atom is -0.507 e. The van der Waals surface area contributed by atoms with E-state index in [2.05, 4.69) is 25.2 Å². The summed E-state index contributed by atoms with van der Waals surface area (Å²) < 4.78 is 0. The number of phenols is 1. The van der Waals surface area contributed by atoms with Crippen molar-refractivity contribution in [2.45, 2.75) is 59.4 Å². The molecule has 17 heavy (non-hydrogen) atoms. The predicted molar refractivity (Wildman–Crippen MR) is 74.8 cm³/mol. The fourth-order valence-corrected chi connectivity index (χ4v) is 2.20. The van der Waals surface area contributed by atoms with Crippen molar-refractivity contribution in [2.24, 2.45) is 0 Å². The fraction of sp³-hybridized carbons (Fsp3) is 0.600. The summed E-state index contributed by atoms with van der Waals surface area (Å²) in [5.41, 5.74) is 2.97. The number of aryl methyl sites for hydroxylation is 1. The van der Waals surface area contributed by atoms with Crippen molar-refractivity contribution in [3.63, 3.8) is 0 Å². The largest absolute Gasteiger partial charge is 0.507 e. The van der Waals surface area contributed by atoms with Gasteiger partial charge in [0.1, 0.15) is 5.75 Å². The van der Waals surface area contributed by atoms with E-state index in [1.54, 1.807) is 0 Å². The number of hydrogen-bond donors (Lipinski definition) is 2. The Hall–Kier alpha value is -1.18. The third kappa shape index (κ3) is 3.65. The van der Waals surface area contributed by atoms with Crippen molar-refractivity contribution < 1.29 is 5.11 Å². The molecule has 0 fully saturated rings. The predicted octanol–water partition coefficient (Wildman–Crippen LogP) is 4.39. The van der Waals surface area contributed by atoms with E-state index in [-0.39, 0.29) is 0 Å². The molecule has 0 atom stereocenters. The van der Waals surface area contributed by atoms with Crippen molar-refractivity contribution in [1.29, 1.82) is 0 Å². The van der Waals surface area contributed by atoms with Crippen molar-refractivity contribution in [2.75, 3.05) is 5.32 Å². The number of benzene rings is 1. The number of phenolic OH excluding ortho intramolecular Hbond substituents is 1. The lowest BCUT2D eigenvalue weighted by atomic mass is 10.0. The fourth-order valence-electron chi connectivity index (χ4n) is 2.20. The molecule has 0 saturated carbocycles. The Kier molecular flexibility index (Phi) is 5.33. The van der Waals surface area contributed by atoms with Gasteiger partial charge in [-0.25, -0.2) is 0 Å². The lowest BCUT2D eigenvalue weighted by molar-refractivity contribution is 0.467. The molecule has 1 aromatic carbocycles. The average Bonchev–Trinajstić information content (AvgIpc) is 2.30. The van der Waals surface area contributed by atoms with E-state index in [0.29, 0.717) is 11.8 Å². The molecule has 1 rings (SSSR count). The third-order valence-corrected chi connectivity index (χ3v) is 3.27. The van der Waals surface area contributed by atoms with E-state index in [1.165, 1.54) is 25.7 Å². The van der Waals surface area contributed by atoms with Crippen molar-refractivity contribution in [3.8, 4) is 5.75 Å². The molecule has 2 heteroatoms. The number of hydrogen-bond acceptors (Lipinski definition) is 2. The van der Waals surface area contributed by atoms with Crippen LogP contribution < -0.4 is 5.32 Å². The molecular weight excluding hydrogens is 210 g/mol. The van der Waals surface area contributed by atoms with Crippen LogP contribution in [0.5, 0.6) is 5.75 Å². The van der Waals surface area contributed by atoms with E-state index >= 15 is 0 Å². The van der Waals surface area contributed by atoms with E-state index in [1.807, 2.05) is 19.9 Å². The highest BCUT2D eigenvalue weighted by Crippen LogP contribution is 2.29. The first kappa shape index (κ1) is 13.9. The summed E-state index contributed by atoms with van der Waals surface area (Å²) in [6, 6.07) is 4.56. The molecule has 2 N–H and O–H groups in total. The van der Waals surface area contributed by atoms with Gasteiger partial charge in [0.05, 0.1) is 0 Å². The molecule has 0 aliphatic rings. The highest BCUT2D eigenvalue weighted by Gasteiger charge is 2.10. The molecule has 0 radical (unpaired) electrons. The maximum absolute atomic E-state index is 9.92. The highest BCUT2D eigenvalue weighted by atomic mass is 16.3. The summed E-state index contributed by atoms with van der Waals surface area (Å²) in [4.78, 5) is 0. The Morgan fingerprint density at radius 2 is 1.71 bits per heavy atom. The van der Waals surface area contributed by atoms with E-state index in [0.717, 1.165) is 16.8 Å². The smallest absolute Gasteiger partial charge is 0.123 e. The zero-order valence-electron chi connectivity index (χ0n) is 11.5. The molecule has 2 nitrogen and oxygen atoms in total. The van der Waals surface area contributed by atoms with Crippen LogP contribution in [0.2, 0.25) is 0 Å². The van der Waals surface area contributed by atoms with Crippen LogP contribution in [0.1, 0.15) is 50.7 Å². The van der Waals surface area contributed by atoms with Crippen molar-refractivity contribution in [3.05, 3.63) is 23.3 Å². The summed E-state index contributed by atoms with van der Waals surface area (Å²) >= 11 is 0. The summed E-state index contributed by atoms with van der Waals surface area (Å²) in [5.74, 6) is 0.418. The van der Waals surface area contributed by atoms with Gasteiger partial charge in [0.15, 0.2) is 0 Å². The zero-order valence-corrected chi connectivity index (χ0v) is 11.5. The van der Waals surface area contributed by atoms with E-state index < -0.39 is 0 Å². The lowest BCUT2D eigenvalue weighted by Gasteiger charge is -2.21. The summed E-state index contributed by atoms with van der Waals surface area (Å²) in [6.45, 7) is 8.33. The Balaban J connectivity index is 2.82. The van der Waals surface area contributed by atoms with Crippen LogP contribution in [0.15, 0.2) is 12.1 Å². The normalized spacial score (nSPS) is 10.9. The van der Waals surface area contributed by atoms with Gasteiger partial charge in [-0.15, -0.1) is 0 Å². The quantitative estimate of drug-likeness (QED) is 0.766. The minimum atomic E-state index is 0.418. The molecule has 0 bridgehead atoms. The molecule has 0 aliphatic carbocycles. The van der Waals surface area contributed by atoms with Crippen molar-refractivity contribution in [1.82, 2.24) is 0 Å². The molecule has 0 heterocycles. The van der Waals surface area contributed by atoms with Crippen LogP contribution in [0.3, 0.4) is 0 Å². The monoisotopic (exact) mass is 235 g/mol. The molecular formula is C15H25NO. The first-order chi connectivity index (χ1) is 8.10. The summed E-state index contributed by atoms with van der Waals surface area (Å²) in [5, 5.41) is 13.5. The van der Waals surface area contributed by atoms with Crippen LogP contribution >= 0.6 is 0 Å². The second-order valence-corrected chi connectivity index (χ2v) is 4.82. The SMILES string of the molecule is CCCC(CCC)Nc1ccc(C)c(O)c1C. The Morgan fingerprint density at radius 1 is 1.12 bits per heavy atom. The van der Waals surface area contributed by atoms with Gasteiger partial charge in [0.2, 0.25) is 0 Å². The maximum atomic E-state index is 9.92. The van der Waals surface area contributed by atoms with Crippen molar-refractivity contribution >= 4 is 5.69 Å². The van der Waals surface area contributed by atoms with Gasteiger partial charge < -0.3 is 10.4 Å². The van der Waals surface area contributed by atoms with Crippen LogP contribution in [-0.2, 0) is 0 Å². The summed E-state index contributed by atoms with van der Waals surface area (Å²) in [7, 11) is 0. The molecule has 0 spiro atoms. The molecule has 0 aromatic heterocycles. The molecule has 1 aromatic rings. The van der Waals surface area contributed by atoms with Gasteiger partial charge in [-0.1, -0.05) is 32.8 Å². The van der Waals surface area contributed by atoms with Gasteiger partial charge in [-0.05, 0) is 38.3 Å². The first-order valence-corrected chi connectivity index (χ1v) is 6.65. The molecule has 0 saturated heterocycles. The molecule has 0 unspecified atom stereocenters. The van der Waals surface area contributed by atoms with Gasteiger partial charge in [-0.2, -0.15) is 0 Å². The van der Waals surface area contributed by atoms with Gasteiger partial charge in [-0.3, -0.25) is 0 Å². The van der Waals surface area contributed by atoms with Gasteiger partial charge in [0, 0.05) is 17.3 Å². The Labute approximate surface area is 105 Å². The Bertz CT molecular complexity index is 354. The Morgan fingerprint density at radius 3 is 2.24 bits per heavy atom. The van der Waals surface area contributed by atoms with Gasteiger partial charge in [0.25, 0.3) is 0 Å². The summed E-state index contributed by atoms with van der Waals surface area (Å²) in [6.07, 6.45) is 4.74.